The van der Waals surface area contributed by atoms with Crippen LogP contribution in [0.25, 0.3) is 0 Å². The van der Waals surface area contributed by atoms with E-state index < -0.39 is 5.97 Å². The monoisotopic (exact) mass is 438 g/mol. The van der Waals surface area contributed by atoms with E-state index in [9.17, 15) is 9.59 Å². The lowest BCUT2D eigenvalue weighted by molar-refractivity contribution is 0.0512. The summed E-state index contributed by atoms with van der Waals surface area (Å²) in [5, 5.41) is 11.9. The number of para-hydroxylation sites is 2. The molecular weight excluding hydrogens is 404 g/mol. The number of nitrogens with two attached hydrogens (primary N) is 1. The van der Waals surface area contributed by atoms with Gasteiger partial charge in [-0.3, -0.25) is 0 Å². The number of ether oxygens (including phenoxy) is 1. The number of unbranched alkanes of at least 4 members (excludes halogenated alkanes) is 2. The van der Waals surface area contributed by atoms with Gasteiger partial charge in [0.25, 0.3) is 0 Å². The van der Waals surface area contributed by atoms with E-state index in [1.807, 2.05) is 24.3 Å². The molecule has 0 spiro atoms. The van der Waals surface area contributed by atoms with Gasteiger partial charge in [-0.2, -0.15) is 0 Å². The maximum absolute atomic E-state index is 11.6. The molecule has 0 saturated carbocycles. The predicted octanol–water partition coefficient (Wildman–Crippen LogP) is 6.28. The van der Waals surface area contributed by atoms with Gasteiger partial charge in [0.2, 0.25) is 0 Å². The molecule has 172 valence electrons. The van der Waals surface area contributed by atoms with Crippen LogP contribution in [0, 0.1) is 0 Å². The van der Waals surface area contributed by atoms with Gasteiger partial charge < -0.3 is 20.9 Å². The third-order valence-corrected chi connectivity index (χ3v) is 4.34. The van der Waals surface area contributed by atoms with Gasteiger partial charge in [0.05, 0.1) is 23.4 Å². The number of carboxylic acid groups (broad SMARTS) is 1. The molecule has 0 unspecified atom stereocenters. The van der Waals surface area contributed by atoms with Crippen molar-refractivity contribution in [1.82, 2.24) is 0 Å². The fourth-order valence-electron chi connectivity index (χ4n) is 2.61. The van der Waals surface area contributed by atoms with Crippen LogP contribution >= 0.6 is 0 Å². The Hall–Kier alpha value is -3.54. The first kappa shape index (κ1) is 26.5. The lowest BCUT2D eigenvalue weighted by Crippen LogP contribution is -2.08. The Bertz CT molecular complexity index is 891. The first-order valence-electron chi connectivity index (χ1n) is 10.9. The smallest absolute Gasteiger partial charge is 0.340 e. The zero-order valence-corrected chi connectivity index (χ0v) is 18.9. The van der Waals surface area contributed by atoms with Crippen molar-refractivity contribution in [2.45, 2.75) is 46.0 Å². The van der Waals surface area contributed by atoms with E-state index in [-0.39, 0.29) is 5.97 Å². The Balaban J connectivity index is 0.000000320. The number of nitrogen functional groups attached to an aromatic ring is 1. The van der Waals surface area contributed by atoms with Crippen LogP contribution in [0.4, 0.5) is 11.4 Å². The Morgan fingerprint density at radius 3 is 2.31 bits per heavy atom. The molecule has 0 atom stereocenters. The number of aromatic carboxylic acids is 1. The molecule has 6 heteroatoms. The largest absolute Gasteiger partial charge is 0.478 e. The fourth-order valence-corrected chi connectivity index (χ4v) is 2.61. The molecule has 32 heavy (non-hydrogen) atoms. The molecule has 6 nitrogen and oxygen atoms in total. The van der Waals surface area contributed by atoms with Crippen molar-refractivity contribution < 1.29 is 19.4 Å². The van der Waals surface area contributed by atoms with E-state index in [2.05, 4.69) is 19.2 Å². The minimum Gasteiger partial charge on any atom is -0.478 e. The summed E-state index contributed by atoms with van der Waals surface area (Å²) >= 11 is 0. The minimum atomic E-state index is -0.912. The lowest BCUT2D eigenvalue weighted by Gasteiger charge is -2.05. The molecule has 0 aliphatic rings. The van der Waals surface area contributed by atoms with Crippen molar-refractivity contribution in [3.63, 3.8) is 0 Å². The number of benzene rings is 2. The van der Waals surface area contributed by atoms with Gasteiger partial charge in [-0.05, 0) is 49.7 Å². The van der Waals surface area contributed by atoms with E-state index >= 15 is 0 Å². The van der Waals surface area contributed by atoms with Gasteiger partial charge in [-0.25, -0.2) is 9.59 Å². The van der Waals surface area contributed by atoms with E-state index in [4.69, 9.17) is 15.6 Å². The quantitative estimate of drug-likeness (QED) is 0.165. The Morgan fingerprint density at radius 2 is 1.66 bits per heavy atom. The average Bonchev–Trinajstić information content (AvgIpc) is 2.79. The van der Waals surface area contributed by atoms with E-state index in [0.717, 1.165) is 32.1 Å². The number of allylic oxidation sites excluding steroid dienone is 2. The van der Waals surface area contributed by atoms with Crippen molar-refractivity contribution >= 4 is 23.3 Å². The molecule has 0 bridgehead atoms. The second kappa shape index (κ2) is 16.2. The summed E-state index contributed by atoms with van der Waals surface area (Å²) in [6, 6.07) is 13.8. The maximum atomic E-state index is 11.6. The first-order valence-corrected chi connectivity index (χ1v) is 10.9. The molecule has 0 aliphatic heterocycles. The van der Waals surface area contributed by atoms with Crippen molar-refractivity contribution in [2.75, 3.05) is 17.7 Å². The van der Waals surface area contributed by atoms with Crippen molar-refractivity contribution in [2.24, 2.45) is 0 Å². The highest BCUT2D eigenvalue weighted by Crippen LogP contribution is 2.15. The lowest BCUT2D eigenvalue weighted by atomic mass is 10.2. The number of rotatable bonds is 11. The van der Waals surface area contributed by atoms with Gasteiger partial charge in [-0.15, -0.1) is 0 Å². The summed E-state index contributed by atoms with van der Waals surface area (Å²) < 4.78 is 5.09. The molecule has 0 amide bonds. The maximum Gasteiger partial charge on any atom is 0.340 e. The van der Waals surface area contributed by atoms with Crippen LogP contribution in [-0.2, 0) is 4.74 Å². The number of anilines is 2. The first-order chi connectivity index (χ1) is 15.5. The number of esters is 1. The SMILES string of the molecule is CC/C=C\CCOC(=O)c1ccccc1N.CCCCC=CNc1ccccc1C(=O)O. The second-order valence-electron chi connectivity index (χ2n) is 6.93. The molecule has 0 saturated heterocycles. The van der Waals surface area contributed by atoms with Gasteiger partial charge in [-0.1, -0.05) is 69.2 Å². The van der Waals surface area contributed by atoms with Crippen LogP contribution in [0.5, 0.6) is 0 Å². The molecule has 0 fully saturated rings. The average molecular weight is 439 g/mol. The van der Waals surface area contributed by atoms with Crippen molar-refractivity contribution in [3.05, 3.63) is 84.1 Å². The Kier molecular flexibility index (Phi) is 13.4. The van der Waals surface area contributed by atoms with Crippen LogP contribution in [0.3, 0.4) is 0 Å². The van der Waals surface area contributed by atoms with Crippen LogP contribution in [-0.4, -0.2) is 23.7 Å². The number of hydrogen-bond donors (Lipinski definition) is 3. The molecule has 0 aromatic heterocycles. The minimum absolute atomic E-state index is 0.294. The number of nitrogens with one attached hydrogen (secondary N) is 1. The molecule has 2 rings (SSSR count). The molecule has 2 aromatic rings. The summed E-state index contributed by atoms with van der Waals surface area (Å²) in [6.07, 6.45) is 12.9. The molecule has 0 radical (unpaired) electrons. The third kappa shape index (κ3) is 10.5. The van der Waals surface area contributed by atoms with Crippen LogP contribution < -0.4 is 11.1 Å². The number of carboxylic acids is 1. The molecule has 2 aromatic carbocycles. The summed E-state index contributed by atoms with van der Waals surface area (Å²) in [6.45, 7) is 4.60. The van der Waals surface area contributed by atoms with Crippen LogP contribution in [0.2, 0.25) is 0 Å². The zero-order valence-electron chi connectivity index (χ0n) is 18.9. The third-order valence-electron chi connectivity index (χ3n) is 4.34. The highest BCUT2D eigenvalue weighted by atomic mass is 16.5. The van der Waals surface area contributed by atoms with E-state index in [1.54, 1.807) is 48.7 Å². The summed E-state index contributed by atoms with van der Waals surface area (Å²) in [7, 11) is 0. The van der Waals surface area contributed by atoms with Gasteiger partial charge in [0, 0.05) is 5.69 Å². The molecule has 0 aliphatic carbocycles. The van der Waals surface area contributed by atoms with Gasteiger partial charge >= 0.3 is 11.9 Å². The highest BCUT2D eigenvalue weighted by Gasteiger charge is 2.09. The van der Waals surface area contributed by atoms with Crippen molar-refractivity contribution in [3.8, 4) is 0 Å². The van der Waals surface area contributed by atoms with Crippen molar-refractivity contribution in [1.29, 1.82) is 0 Å². The zero-order chi connectivity index (χ0) is 23.6. The molecule has 0 heterocycles. The number of carbonyl (C=O) groups excluding carboxylic acids is 1. The van der Waals surface area contributed by atoms with Gasteiger partial charge in [0.1, 0.15) is 0 Å². The number of hydrogen-bond acceptors (Lipinski definition) is 5. The Morgan fingerprint density at radius 1 is 0.969 bits per heavy atom. The summed E-state index contributed by atoms with van der Waals surface area (Å²) in [4.78, 5) is 22.5. The highest BCUT2D eigenvalue weighted by molar-refractivity contribution is 5.95. The normalized spacial score (nSPS) is 10.6. The molecule has 4 N–H and O–H groups in total. The van der Waals surface area contributed by atoms with Crippen LogP contribution in [0.15, 0.2) is 73.0 Å². The topological polar surface area (TPSA) is 102 Å². The fraction of sp³-hybridized carbons (Fsp3) is 0.308. The molecular formula is C26H34N2O4. The Labute approximate surface area is 190 Å². The summed E-state index contributed by atoms with van der Waals surface area (Å²) in [5.74, 6) is -1.27. The standard InChI is InChI=1S/2C13H17NO2/c1-2-3-4-7-10-16-13(15)11-8-5-6-9-12(11)14;1-2-3-4-7-10-14-12-9-6-5-8-11(12)13(15)16/h3-6,8-9H,2,7,10,14H2,1H3;5-10,14H,2-4H2,1H3,(H,15,16)/b4-3-;. The van der Waals surface area contributed by atoms with Crippen LogP contribution in [0.1, 0.15) is 66.7 Å². The summed E-state index contributed by atoms with van der Waals surface area (Å²) in [5.41, 5.74) is 7.47. The second-order valence-corrected chi connectivity index (χ2v) is 6.93. The predicted molar refractivity (Wildman–Crippen MR) is 131 cm³/mol. The van der Waals surface area contributed by atoms with E-state index in [1.165, 1.54) is 0 Å². The van der Waals surface area contributed by atoms with Gasteiger partial charge in [0.15, 0.2) is 0 Å². The van der Waals surface area contributed by atoms with E-state index in [0.29, 0.717) is 29.1 Å². The number of carbonyl (C=O) groups is 2.